The average molecular weight is 358 g/mol. The molecule has 0 bridgehead atoms. The lowest BCUT2D eigenvalue weighted by molar-refractivity contribution is -0.139. The average Bonchev–Trinajstić information content (AvgIpc) is 2.88. The lowest BCUT2D eigenvalue weighted by Gasteiger charge is -2.15. The molecule has 1 heterocycles. The Kier molecular flexibility index (Phi) is 5.82. The first-order valence-corrected chi connectivity index (χ1v) is 8.16. The molecule has 0 saturated heterocycles. The number of benzene rings is 1. The van der Waals surface area contributed by atoms with Crippen LogP contribution < -0.4 is 10.1 Å². The van der Waals surface area contributed by atoms with E-state index in [1.165, 1.54) is 6.92 Å². The van der Waals surface area contributed by atoms with Gasteiger partial charge in [-0.05, 0) is 51.0 Å². The number of carbonyl (C=O) groups is 3. The Balaban J connectivity index is 2.08. The van der Waals surface area contributed by atoms with Gasteiger partial charge in [0.15, 0.2) is 12.4 Å². The molecule has 1 aromatic heterocycles. The van der Waals surface area contributed by atoms with Crippen LogP contribution in [0.1, 0.15) is 57.6 Å². The second-order valence-corrected chi connectivity index (χ2v) is 6.13. The minimum absolute atomic E-state index is 0.0831. The molecule has 26 heavy (non-hydrogen) atoms. The smallest absolute Gasteiger partial charge is 0.341 e. The SMILES string of the molecule is CC(=O)c1c(C)[nH]c(C(=O)NC(C)c2ccc(OCC(=O)O)cc2)c1C. The number of ketones is 1. The van der Waals surface area contributed by atoms with Crippen molar-refractivity contribution in [3.05, 3.63) is 52.3 Å². The quantitative estimate of drug-likeness (QED) is 0.660. The number of amides is 1. The number of carbonyl (C=O) groups excluding carboxylic acids is 2. The van der Waals surface area contributed by atoms with Gasteiger partial charge >= 0.3 is 5.97 Å². The summed E-state index contributed by atoms with van der Waals surface area (Å²) in [5.41, 5.74) is 3.07. The van der Waals surface area contributed by atoms with E-state index in [0.29, 0.717) is 28.3 Å². The molecule has 1 aromatic carbocycles. The van der Waals surface area contributed by atoms with Crippen molar-refractivity contribution in [1.29, 1.82) is 0 Å². The topological polar surface area (TPSA) is 108 Å². The fourth-order valence-corrected chi connectivity index (χ4v) is 2.86. The fourth-order valence-electron chi connectivity index (χ4n) is 2.86. The predicted octanol–water partition coefficient (Wildman–Crippen LogP) is 2.79. The summed E-state index contributed by atoms with van der Waals surface area (Å²) in [6.45, 7) is 6.41. The highest BCUT2D eigenvalue weighted by atomic mass is 16.5. The van der Waals surface area contributed by atoms with Crippen LogP contribution in [0.4, 0.5) is 0 Å². The van der Waals surface area contributed by atoms with Crippen LogP contribution in [-0.2, 0) is 4.79 Å². The molecule has 0 spiro atoms. The summed E-state index contributed by atoms with van der Waals surface area (Å²) in [6.07, 6.45) is 0. The van der Waals surface area contributed by atoms with Crippen molar-refractivity contribution in [3.8, 4) is 5.75 Å². The van der Waals surface area contributed by atoms with E-state index in [4.69, 9.17) is 9.84 Å². The molecule has 2 aromatic rings. The van der Waals surface area contributed by atoms with Gasteiger partial charge in [-0.25, -0.2) is 4.79 Å². The number of nitrogens with one attached hydrogen (secondary N) is 2. The highest BCUT2D eigenvalue weighted by molar-refractivity contribution is 6.02. The maximum absolute atomic E-state index is 12.5. The van der Waals surface area contributed by atoms with Crippen LogP contribution in [0.2, 0.25) is 0 Å². The molecular weight excluding hydrogens is 336 g/mol. The number of Topliss-reactive ketones (excluding diaryl/α,β-unsaturated/α-hetero) is 1. The second-order valence-electron chi connectivity index (χ2n) is 6.13. The first-order valence-electron chi connectivity index (χ1n) is 8.16. The van der Waals surface area contributed by atoms with Gasteiger partial charge in [-0.2, -0.15) is 0 Å². The van der Waals surface area contributed by atoms with Crippen LogP contribution in [0.3, 0.4) is 0 Å². The van der Waals surface area contributed by atoms with Gasteiger partial charge < -0.3 is 20.1 Å². The van der Waals surface area contributed by atoms with E-state index in [-0.39, 0.29) is 17.7 Å². The summed E-state index contributed by atoms with van der Waals surface area (Å²) >= 11 is 0. The van der Waals surface area contributed by atoms with Crippen LogP contribution in [-0.4, -0.2) is 34.4 Å². The molecule has 7 nitrogen and oxygen atoms in total. The molecule has 0 radical (unpaired) electrons. The van der Waals surface area contributed by atoms with Gasteiger partial charge in [0.25, 0.3) is 5.91 Å². The number of ether oxygens (including phenoxy) is 1. The fraction of sp³-hybridized carbons (Fsp3) is 0.316. The maximum Gasteiger partial charge on any atom is 0.341 e. The van der Waals surface area contributed by atoms with Crippen molar-refractivity contribution in [2.24, 2.45) is 0 Å². The Morgan fingerprint density at radius 3 is 2.31 bits per heavy atom. The summed E-state index contributed by atoms with van der Waals surface area (Å²) < 4.78 is 5.08. The molecule has 0 fully saturated rings. The van der Waals surface area contributed by atoms with Gasteiger partial charge in [-0.3, -0.25) is 9.59 Å². The van der Waals surface area contributed by atoms with Crippen molar-refractivity contribution >= 4 is 17.7 Å². The molecule has 0 saturated carbocycles. The zero-order valence-corrected chi connectivity index (χ0v) is 15.2. The highest BCUT2D eigenvalue weighted by Gasteiger charge is 2.21. The third-order valence-electron chi connectivity index (χ3n) is 4.11. The second kappa shape index (κ2) is 7.86. The van der Waals surface area contributed by atoms with Gasteiger partial charge in [0, 0.05) is 11.3 Å². The van der Waals surface area contributed by atoms with E-state index in [1.807, 2.05) is 6.92 Å². The van der Waals surface area contributed by atoms with Gasteiger partial charge in [0.1, 0.15) is 11.4 Å². The number of aliphatic carboxylic acids is 1. The summed E-state index contributed by atoms with van der Waals surface area (Å²) in [5.74, 6) is -0.982. The van der Waals surface area contributed by atoms with Crippen molar-refractivity contribution in [2.75, 3.05) is 6.61 Å². The van der Waals surface area contributed by atoms with Crippen LogP contribution in [0.15, 0.2) is 24.3 Å². The number of rotatable bonds is 7. The molecule has 0 aliphatic carbocycles. The van der Waals surface area contributed by atoms with Gasteiger partial charge in [0.2, 0.25) is 0 Å². The number of hydrogen-bond acceptors (Lipinski definition) is 4. The minimum atomic E-state index is -1.05. The van der Waals surface area contributed by atoms with Gasteiger partial charge in [0.05, 0.1) is 6.04 Å². The number of H-pyrrole nitrogens is 1. The minimum Gasteiger partial charge on any atom is -0.482 e. The number of hydrogen-bond donors (Lipinski definition) is 3. The number of carboxylic acids is 1. The molecule has 1 amide bonds. The van der Waals surface area contributed by atoms with Crippen LogP contribution >= 0.6 is 0 Å². The van der Waals surface area contributed by atoms with Crippen molar-refractivity contribution in [2.45, 2.75) is 33.7 Å². The largest absolute Gasteiger partial charge is 0.482 e. The summed E-state index contributed by atoms with van der Waals surface area (Å²) in [4.78, 5) is 37.7. The van der Waals surface area contributed by atoms with Crippen LogP contribution in [0.25, 0.3) is 0 Å². The monoisotopic (exact) mass is 358 g/mol. The van der Waals surface area contributed by atoms with E-state index in [9.17, 15) is 14.4 Å². The molecule has 7 heteroatoms. The maximum atomic E-state index is 12.5. The first-order chi connectivity index (χ1) is 12.2. The van der Waals surface area contributed by atoms with E-state index in [1.54, 1.807) is 38.1 Å². The summed E-state index contributed by atoms with van der Waals surface area (Å²) in [6, 6.07) is 6.54. The Bertz CT molecular complexity index is 836. The van der Waals surface area contributed by atoms with Gasteiger partial charge in [-0.1, -0.05) is 12.1 Å². The number of aromatic nitrogens is 1. The number of aromatic amines is 1. The number of carboxylic acid groups (broad SMARTS) is 1. The highest BCUT2D eigenvalue weighted by Crippen LogP contribution is 2.21. The summed E-state index contributed by atoms with van der Waals surface area (Å²) in [7, 11) is 0. The number of aryl methyl sites for hydroxylation is 1. The third-order valence-corrected chi connectivity index (χ3v) is 4.11. The standard InChI is InChI=1S/C19H22N2O5/c1-10-17(13(4)22)12(3)20-18(10)19(25)21-11(2)14-5-7-15(8-6-14)26-9-16(23)24/h5-8,11,20H,9H2,1-4H3,(H,21,25)(H,23,24). The Labute approximate surface area is 151 Å². The normalized spacial score (nSPS) is 11.7. The third kappa shape index (κ3) is 4.30. The molecule has 3 N–H and O–H groups in total. The summed E-state index contributed by atoms with van der Waals surface area (Å²) in [5, 5.41) is 11.5. The van der Waals surface area contributed by atoms with Gasteiger partial charge in [-0.15, -0.1) is 0 Å². The van der Waals surface area contributed by atoms with Crippen LogP contribution in [0, 0.1) is 13.8 Å². The first kappa shape index (κ1) is 19.2. The van der Waals surface area contributed by atoms with Crippen molar-refractivity contribution < 1.29 is 24.2 Å². The Hall–Kier alpha value is -3.09. The zero-order chi connectivity index (χ0) is 19.4. The lowest BCUT2D eigenvalue weighted by atomic mass is 10.1. The van der Waals surface area contributed by atoms with Crippen molar-refractivity contribution in [1.82, 2.24) is 10.3 Å². The van der Waals surface area contributed by atoms with E-state index < -0.39 is 12.6 Å². The van der Waals surface area contributed by atoms with E-state index >= 15 is 0 Å². The molecule has 0 aliphatic rings. The zero-order valence-electron chi connectivity index (χ0n) is 15.2. The molecular formula is C19H22N2O5. The van der Waals surface area contributed by atoms with E-state index in [2.05, 4.69) is 10.3 Å². The molecule has 138 valence electrons. The van der Waals surface area contributed by atoms with Crippen LogP contribution in [0.5, 0.6) is 5.75 Å². The molecule has 1 unspecified atom stereocenters. The Morgan fingerprint density at radius 2 is 1.81 bits per heavy atom. The molecule has 2 rings (SSSR count). The molecule has 1 atom stereocenters. The predicted molar refractivity (Wildman–Crippen MR) is 95.7 cm³/mol. The Morgan fingerprint density at radius 1 is 1.19 bits per heavy atom. The molecule has 0 aliphatic heterocycles. The van der Waals surface area contributed by atoms with E-state index in [0.717, 1.165) is 5.56 Å². The lowest BCUT2D eigenvalue weighted by Crippen LogP contribution is -2.27. The van der Waals surface area contributed by atoms with Crippen molar-refractivity contribution in [3.63, 3.8) is 0 Å².